The van der Waals surface area contributed by atoms with Gasteiger partial charge in [-0.25, -0.2) is 0 Å². The molecule has 1 fully saturated rings. The normalized spacial score (nSPS) is 14.7. The number of morpholine rings is 1. The molecule has 26 heavy (non-hydrogen) atoms. The van der Waals surface area contributed by atoms with E-state index >= 15 is 0 Å². The molecule has 1 heterocycles. The standard InChI is InChI=1S/C20H24N2O4/c1-24-17-7-8-19(25-2)18(13-17)20(23)21-16-5-3-15(4-6-16)14-22-9-11-26-12-10-22/h3-8,13H,9-12,14H2,1-2H3,(H,21,23). The molecule has 6 heteroatoms. The average molecular weight is 356 g/mol. The number of rotatable bonds is 6. The lowest BCUT2D eigenvalue weighted by Gasteiger charge is -2.26. The molecule has 1 saturated heterocycles. The molecule has 1 N–H and O–H groups in total. The van der Waals surface area contributed by atoms with Gasteiger partial charge in [0.15, 0.2) is 0 Å². The summed E-state index contributed by atoms with van der Waals surface area (Å²) in [5.41, 5.74) is 2.39. The van der Waals surface area contributed by atoms with E-state index in [4.69, 9.17) is 14.2 Å². The number of anilines is 1. The Kier molecular flexibility index (Phi) is 6.09. The molecule has 2 aromatic rings. The van der Waals surface area contributed by atoms with Crippen molar-refractivity contribution in [3.63, 3.8) is 0 Å². The SMILES string of the molecule is COc1ccc(OC)c(C(=O)Nc2ccc(CN3CCOCC3)cc2)c1. The number of methoxy groups -OCH3 is 2. The summed E-state index contributed by atoms with van der Waals surface area (Å²) in [5.74, 6) is 0.880. The number of ether oxygens (including phenoxy) is 3. The summed E-state index contributed by atoms with van der Waals surface area (Å²) in [6, 6.07) is 13.1. The fourth-order valence-electron chi connectivity index (χ4n) is 2.90. The first-order chi connectivity index (χ1) is 12.7. The predicted octanol–water partition coefficient (Wildman–Crippen LogP) is 2.79. The molecule has 138 valence electrons. The fraction of sp³-hybridized carbons (Fsp3) is 0.350. The molecule has 1 amide bonds. The zero-order chi connectivity index (χ0) is 18.4. The van der Waals surface area contributed by atoms with E-state index in [1.165, 1.54) is 5.56 Å². The molecule has 6 nitrogen and oxygen atoms in total. The zero-order valence-electron chi connectivity index (χ0n) is 15.2. The highest BCUT2D eigenvalue weighted by molar-refractivity contribution is 6.06. The van der Waals surface area contributed by atoms with Crippen LogP contribution in [0.1, 0.15) is 15.9 Å². The summed E-state index contributed by atoms with van der Waals surface area (Å²) >= 11 is 0. The number of benzene rings is 2. The molecule has 0 saturated carbocycles. The number of carbonyl (C=O) groups excluding carboxylic acids is 1. The average Bonchev–Trinajstić information content (AvgIpc) is 2.69. The Morgan fingerprint density at radius 3 is 2.46 bits per heavy atom. The summed E-state index contributed by atoms with van der Waals surface area (Å²) in [6.45, 7) is 4.37. The number of nitrogens with zero attached hydrogens (tertiary/aromatic N) is 1. The van der Waals surface area contributed by atoms with Crippen LogP contribution >= 0.6 is 0 Å². The van der Waals surface area contributed by atoms with Gasteiger partial charge < -0.3 is 19.5 Å². The van der Waals surface area contributed by atoms with Gasteiger partial charge >= 0.3 is 0 Å². The summed E-state index contributed by atoms with van der Waals surface area (Å²) in [4.78, 5) is 15.0. The van der Waals surface area contributed by atoms with E-state index in [1.54, 1.807) is 32.4 Å². The van der Waals surface area contributed by atoms with Gasteiger partial charge in [-0.05, 0) is 35.9 Å². The number of nitrogens with one attached hydrogen (secondary N) is 1. The van der Waals surface area contributed by atoms with E-state index in [0.717, 1.165) is 38.5 Å². The molecule has 0 atom stereocenters. The van der Waals surface area contributed by atoms with Gasteiger partial charge in [0.25, 0.3) is 5.91 Å². The van der Waals surface area contributed by atoms with Crippen LogP contribution in [0.3, 0.4) is 0 Å². The molecule has 0 bridgehead atoms. The zero-order valence-corrected chi connectivity index (χ0v) is 15.2. The van der Waals surface area contributed by atoms with Crippen molar-refractivity contribution in [3.05, 3.63) is 53.6 Å². The highest BCUT2D eigenvalue weighted by Gasteiger charge is 2.14. The summed E-state index contributed by atoms with van der Waals surface area (Å²) < 4.78 is 15.8. The van der Waals surface area contributed by atoms with Crippen molar-refractivity contribution in [2.45, 2.75) is 6.54 Å². The smallest absolute Gasteiger partial charge is 0.259 e. The van der Waals surface area contributed by atoms with Gasteiger partial charge in [-0.3, -0.25) is 9.69 Å². The molecule has 0 aliphatic carbocycles. The lowest BCUT2D eigenvalue weighted by atomic mass is 10.1. The molecular weight excluding hydrogens is 332 g/mol. The highest BCUT2D eigenvalue weighted by atomic mass is 16.5. The molecule has 1 aliphatic heterocycles. The second-order valence-electron chi connectivity index (χ2n) is 6.11. The van der Waals surface area contributed by atoms with E-state index in [1.807, 2.05) is 24.3 Å². The number of carbonyl (C=O) groups is 1. The van der Waals surface area contributed by atoms with Gasteiger partial charge in [-0.1, -0.05) is 12.1 Å². The van der Waals surface area contributed by atoms with Crippen LogP contribution in [0.2, 0.25) is 0 Å². The molecule has 2 aromatic carbocycles. The maximum absolute atomic E-state index is 12.6. The maximum Gasteiger partial charge on any atom is 0.259 e. The number of hydrogen-bond donors (Lipinski definition) is 1. The molecule has 1 aliphatic rings. The van der Waals surface area contributed by atoms with Crippen LogP contribution < -0.4 is 14.8 Å². The van der Waals surface area contributed by atoms with E-state index in [9.17, 15) is 4.79 Å². The van der Waals surface area contributed by atoms with Crippen LogP contribution in [0.15, 0.2) is 42.5 Å². The molecule has 0 unspecified atom stereocenters. The second kappa shape index (κ2) is 8.69. The Morgan fingerprint density at radius 2 is 1.81 bits per heavy atom. The minimum atomic E-state index is -0.235. The predicted molar refractivity (Wildman–Crippen MR) is 100 cm³/mol. The van der Waals surface area contributed by atoms with Crippen molar-refractivity contribution in [1.29, 1.82) is 0 Å². The topological polar surface area (TPSA) is 60.0 Å². The second-order valence-corrected chi connectivity index (χ2v) is 6.11. The Hall–Kier alpha value is -2.57. The molecule has 0 radical (unpaired) electrons. The Balaban J connectivity index is 1.66. The Labute approximate surface area is 153 Å². The first kappa shape index (κ1) is 18.2. The van der Waals surface area contributed by atoms with Crippen molar-refractivity contribution < 1.29 is 19.0 Å². The quantitative estimate of drug-likeness (QED) is 0.862. The van der Waals surface area contributed by atoms with Crippen LogP contribution in [0.5, 0.6) is 11.5 Å². The molecular formula is C20H24N2O4. The Morgan fingerprint density at radius 1 is 1.08 bits per heavy atom. The number of hydrogen-bond acceptors (Lipinski definition) is 5. The maximum atomic E-state index is 12.6. The van der Waals surface area contributed by atoms with E-state index in [-0.39, 0.29) is 5.91 Å². The highest BCUT2D eigenvalue weighted by Crippen LogP contribution is 2.25. The summed E-state index contributed by atoms with van der Waals surface area (Å²) in [6.07, 6.45) is 0. The third-order valence-electron chi connectivity index (χ3n) is 4.37. The molecule has 0 aromatic heterocycles. The van der Waals surface area contributed by atoms with Crippen molar-refractivity contribution >= 4 is 11.6 Å². The summed E-state index contributed by atoms with van der Waals surface area (Å²) in [7, 11) is 3.11. The van der Waals surface area contributed by atoms with Gasteiger partial charge in [0.05, 0.1) is 33.0 Å². The lowest BCUT2D eigenvalue weighted by molar-refractivity contribution is 0.0342. The minimum Gasteiger partial charge on any atom is -0.497 e. The first-order valence-electron chi connectivity index (χ1n) is 8.62. The lowest BCUT2D eigenvalue weighted by Crippen LogP contribution is -2.35. The van der Waals surface area contributed by atoms with Crippen molar-refractivity contribution in [1.82, 2.24) is 4.90 Å². The van der Waals surface area contributed by atoms with Crippen molar-refractivity contribution in [2.75, 3.05) is 45.8 Å². The molecule has 3 rings (SSSR count). The van der Waals surface area contributed by atoms with E-state index < -0.39 is 0 Å². The third kappa shape index (κ3) is 4.53. The van der Waals surface area contributed by atoms with E-state index in [2.05, 4.69) is 10.2 Å². The van der Waals surface area contributed by atoms with Crippen LogP contribution in [-0.2, 0) is 11.3 Å². The van der Waals surface area contributed by atoms with Gasteiger partial charge in [0, 0.05) is 25.3 Å². The van der Waals surface area contributed by atoms with Gasteiger partial charge in [0.1, 0.15) is 11.5 Å². The first-order valence-corrected chi connectivity index (χ1v) is 8.62. The summed E-state index contributed by atoms with van der Waals surface area (Å²) in [5, 5.41) is 2.91. The van der Waals surface area contributed by atoms with Crippen LogP contribution in [0, 0.1) is 0 Å². The Bertz CT molecular complexity index is 740. The van der Waals surface area contributed by atoms with Gasteiger partial charge in [-0.2, -0.15) is 0 Å². The van der Waals surface area contributed by atoms with Crippen molar-refractivity contribution in [3.8, 4) is 11.5 Å². The number of amides is 1. The molecule has 0 spiro atoms. The fourth-order valence-corrected chi connectivity index (χ4v) is 2.90. The van der Waals surface area contributed by atoms with Crippen LogP contribution in [-0.4, -0.2) is 51.3 Å². The van der Waals surface area contributed by atoms with Crippen molar-refractivity contribution in [2.24, 2.45) is 0 Å². The van der Waals surface area contributed by atoms with Gasteiger partial charge in [-0.15, -0.1) is 0 Å². The van der Waals surface area contributed by atoms with Gasteiger partial charge in [0.2, 0.25) is 0 Å². The largest absolute Gasteiger partial charge is 0.497 e. The van der Waals surface area contributed by atoms with Crippen LogP contribution in [0.25, 0.3) is 0 Å². The van der Waals surface area contributed by atoms with Crippen LogP contribution in [0.4, 0.5) is 5.69 Å². The van der Waals surface area contributed by atoms with E-state index in [0.29, 0.717) is 17.1 Å². The third-order valence-corrected chi connectivity index (χ3v) is 4.37. The minimum absolute atomic E-state index is 0.235. The monoisotopic (exact) mass is 356 g/mol.